The zero-order valence-electron chi connectivity index (χ0n) is 19.9. The number of furan rings is 1. The topological polar surface area (TPSA) is 62.7 Å². The van der Waals surface area contributed by atoms with Gasteiger partial charge in [0.1, 0.15) is 16.8 Å². The highest BCUT2D eigenvalue weighted by Gasteiger charge is 2.38. The predicted molar refractivity (Wildman–Crippen MR) is 142 cm³/mol. The Balaban J connectivity index is 1.55. The molecule has 0 aliphatic heterocycles. The van der Waals surface area contributed by atoms with E-state index in [-0.39, 0.29) is 5.41 Å². The second kappa shape index (κ2) is 7.37. The van der Waals surface area contributed by atoms with E-state index in [0.29, 0.717) is 17.0 Å². The molecule has 0 bridgehead atoms. The van der Waals surface area contributed by atoms with Crippen LogP contribution in [0.1, 0.15) is 30.5 Å². The molecule has 170 valence electrons. The molecule has 6 aromatic rings. The quantitative estimate of drug-likeness (QED) is 0.262. The Kier molecular flexibility index (Phi) is 4.22. The number of benzene rings is 4. The van der Waals surface area contributed by atoms with Crippen LogP contribution in [0.4, 0.5) is 0 Å². The van der Waals surface area contributed by atoms with E-state index in [1.807, 2.05) is 48.5 Å². The minimum Gasteiger partial charge on any atom is -0.452 e. The van der Waals surface area contributed by atoms with Crippen LogP contribution >= 0.6 is 0 Å². The normalized spacial score (nSPS) is 13.5. The molecule has 0 atom stereocenters. The zero-order chi connectivity index (χ0) is 24.4. The van der Waals surface area contributed by atoms with Gasteiger partial charge in [-0.05, 0) is 46.5 Å². The molecular weight excluding hydrogens is 442 g/mol. The van der Waals surface area contributed by atoms with Gasteiger partial charge < -0.3 is 4.42 Å². The third-order valence-corrected chi connectivity index (χ3v) is 7.33. The lowest BCUT2D eigenvalue weighted by molar-refractivity contribution is 0.661. The number of nitrogens with zero attached hydrogens (tertiary/aromatic N) is 3. The van der Waals surface area contributed by atoms with Crippen molar-refractivity contribution < 1.29 is 4.42 Å². The second-order valence-electron chi connectivity index (χ2n) is 9.76. The zero-order valence-corrected chi connectivity index (χ0v) is 19.9. The van der Waals surface area contributed by atoms with E-state index in [1.54, 1.807) is 0 Å². The summed E-state index contributed by atoms with van der Waals surface area (Å²) in [6.45, 7) is 4.54. The monoisotopic (exact) mass is 463 g/mol. The van der Waals surface area contributed by atoms with Crippen molar-refractivity contribution in [1.82, 2.24) is 9.97 Å². The fourth-order valence-corrected chi connectivity index (χ4v) is 5.64. The lowest BCUT2D eigenvalue weighted by Gasteiger charge is -2.24. The summed E-state index contributed by atoms with van der Waals surface area (Å²) in [6.07, 6.45) is 0. The first-order chi connectivity index (χ1) is 17.6. The van der Waals surface area contributed by atoms with Crippen molar-refractivity contribution in [3.8, 4) is 39.8 Å². The van der Waals surface area contributed by atoms with E-state index >= 15 is 0 Å². The Labute approximate surface area is 208 Å². The van der Waals surface area contributed by atoms with Crippen LogP contribution in [0.25, 0.3) is 55.8 Å². The van der Waals surface area contributed by atoms with Crippen molar-refractivity contribution >= 4 is 22.1 Å². The Hall–Kier alpha value is -4.75. The third kappa shape index (κ3) is 2.80. The van der Waals surface area contributed by atoms with Gasteiger partial charge in [0.25, 0.3) is 0 Å². The van der Waals surface area contributed by atoms with Crippen molar-refractivity contribution in [2.24, 2.45) is 0 Å². The molecular formula is C32H21N3O. The van der Waals surface area contributed by atoms with E-state index in [9.17, 15) is 5.26 Å². The standard InChI is InChI=1S/C32H21N3O/c1-32(2)25-12-5-3-8-21(25)22-10-7-11-24(27(22)32)31-34-28(20-16-14-19(18-33)15-17-20)30-29(35-31)23-9-4-6-13-26(23)36-30/h3-17H,1-2H3. The molecule has 0 saturated heterocycles. The maximum atomic E-state index is 9.28. The van der Waals surface area contributed by atoms with Crippen molar-refractivity contribution in [2.75, 3.05) is 0 Å². The molecule has 7 rings (SSSR count). The summed E-state index contributed by atoms with van der Waals surface area (Å²) < 4.78 is 6.28. The van der Waals surface area contributed by atoms with Gasteiger partial charge in [0.05, 0.1) is 11.6 Å². The molecule has 0 spiro atoms. The summed E-state index contributed by atoms with van der Waals surface area (Å²) in [5, 5.41) is 10.2. The SMILES string of the molecule is CC1(C)c2ccccc2-c2cccc(-c3nc(-c4ccc(C#N)cc4)c4oc5ccccc5c4n3)c21. The van der Waals surface area contributed by atoms with Crippen LogP contribution in [-0.4, -0.2) is 9.97 Å². The number of hydrogen-bond acceptors (Lipinski definition) is 4. The van der Waals surface area contributed by atoms with Gasteiger partial charge >= 0.3 is 0 Å². The summed E-state index contributed by atoms with van der Waals surface area (Å²) in [7, 11) is 0. The first-order valence-electron chi connectivity index (χ1n) is 12.0. The molecule has 0 amide bonds. The minimum atomic E-state index is -0.187. The number of rotatable bonds is 2. The summed E-state index contributed by atoms with van der Waals surface area (Å²) in [5.74, 6) is 0.672. The minimum absolute atomic E-state index is 0.187. The summed E-state index contributed by atoms with van der Waals surface area (Å²) in [4.78, 5) is 10.2. The number of hydrogen-bond donors (Lipinski definition) is 0. The molecule has 4 heteroatoms. The largest absolute Gasteiger partial charge is 0.452 e. The number of nitriles is 1. The van der Waals surface area contributed by atoms with Crippen molar-refractivity contribution in [3.05, 3.63) is 108 Å². The van der Waals surface area contributed by atoms with E-state index in [0.717, 1.165) is 33.3 Å². The second-order valence-corrected chi connectivity index (χ2v) is 9.76. The molecule has 2 heterocycles. The molecule has 4 aromatic carbocycles. The van der Waals surface area contributed by atoms with Gasteiger partial charge in [-0.3, -0.25) is 0 Å². The van der Waals surface area contributed by atoms with Gasteiger partial charge in [-0.25, -0.2) is 9.97 Å². The van der Waals surface area contributed by atoms with Crippen LogP contribution in [0.3, 0.4) is 0 Å². The number of fused-ring (bicyclic) bond motifs is 6. The van der Waals surface area contributed by atoms with Gasteiger partial charge in [0, 0.05) is 21.9 Å². The van der Waals surface area contributed by atoms with Gasteiger partial charge in [0.15, 0.2) is 11.4 Å². The smallest absolute Gasteiger partial charge is 0.180 e. The first kappa shape index (κ1) is 20.6. The van der Waals surface area contributed by atoms with Gasteiger partial charge in [0.2, 0.25) is 0 Å². The molecule has 4 nitrogen and oxygen atoms in total. The Morgan fingerprint density at radius 3 is 2.31 bits per heavy atom. The van der Waals surface area contributed by atoms with E-state index in [4.69, 9.17) is 14.4 Å². The van der Waals surface area contributed by atoms with Crippen LogP contribution in [-0.2, 0) is 5.41 Å². The molecule has 0 N–H and O–H groups in total. The maximum absolute atomic E-state index is 9.28. The average molecular weight is 464 g/mol. The molecule has 0 fully saturated rings. The van der Waals surface area contributed by atoms with Crippen LogP contribution in [0.5, 0.6) is 0 Å². The summed E-state index contributed by atoms with van der Waals surface area (Å²) >= 11 is 0. The van der Waals surface area contributed by atoms with Crippen molar-refractivity contribution in [1.29, 1.82) is 5.26 Å². The fraction of sp³-hybridized carbons (Fsp3) is 0.0938. The van der Waals surface area contributed by atoms with E-state index in [1.165, 1.54) is 22.3 Å². The lowest BCUT2D eigenvalue weighted by Crippen LogP contribution is -2.16. The van der Waals surface area contributed by atoms with E-state index in [2.05, 4.69) is 62.4 Å². The summed E-state index contributed by atoms with van der Waals surface area (Å²) in [5.41, 5.74) is 10.3. The molecule has 0 unspecified atom stereocenters. The first-order valence-corrected chi connectivity index (χ1v) is 12.0. The van der Waals surface area contributed by atoms with E-state index < -0.39 is 0 Å². The molecule has 1 aliphatic carbocycles. The van der Waals surface area contributed by atoms with Crippen LogP contribution in [0, 0.1) is 11.3 Å². The van der Waals surface area contributed by atoms with Crippen LogP contribution in [0.15, 0.2) is 95.4 Å². The van der Waals surface area contributed by atoms with Gasteiger partial charge in [-0.15, -0.1) is 0 Å². The molecule has 0 saturated carbocycles. The van der Waals surface area contributed by atoms with Gasteiger partial charge in [-0.2, -0.15) is 5.26 Å². The molecule has 1 aliphatic rings. The highest BCUT2D eigenvalue weighted by atomic mass is 16.3. The third-order valence-electron chi connectivity index (χ3n) is 7.33. The Morgan fingerprint density at radius 2 is 1.47 bits per heavy atom. The van der Waals surface area contributed by atoms with Crippen molar-refractivity contribution in [2.45, 2.75) is 19.3 Å². The maximum Gasteiger partial charge on any atom is 0.180 e. The Morgan fingerprint density at radius 1 is 0.750 bits per heavy atom. The molecule has 36 heavy (non-hydrogen) atoms. The lowest BCUT2D eigenvalue weighted by atomic mass is 9.80. The summed E-state index contributed by atoms with van der Waals surface area (Å²) in [6, 6.07) is 32.6. The predicted octanol–water partition coefficient (Wildman–Crippen LogP) is 7.89. The molecule has 2 aromatic heterocycles. The van der Waals surface area contributed by atoms with Crippen LogP contribution in [0.2, 0.25) is 0 Å². The van der Waals surface area contributed by atoms with Crippen LogP contribution < -0.4 is 0 Å². The number of aromatic nitrogens is 2. The van der Waals surface area contributed by atoms with Gasteiger partial charge in [-0.1, -0.05) is 80.6 Å². The number of para-hydroxylation sites is 1. The fourth-order valence-electron chi connectivity index (χ4n) is 5.64. The molecule has 0 radical (unpaired) electrons. The Bertz CT molecular complexity index is 1870. The highest BCUT2D eigenvalue weighted by Crippen LogP contribution is 2.52. The highest BCUT2D eigenvalue weighted by molar-refractivity contribution is 6.07. The van der Waals surface area contributed by atoms with Crippen molar-refractivity contribution in [3.63, 3.8) is 0 Å². The average Bonchev–Trinajstić information content (AvgIpc) is 3.41.